The summed E-state index contributed by atoms with van der Waals surface area (Å²) in [7, 11) is 1.71. The highest BCUT2D eigenvalue weighted by atomic mass is 16.5. The highest BCUT2D eigenvalue weighted by Gasteiger charge is 2.31. The monoisotopic (exact) mass is 182 g/mol. The predicted octanol–water partition coefficient (Wildman–Crippen LogP) is 0.928. The SMILES string of the molecule is COCC1(C)COc2ccnn2C1. The van der Waals surface area contributed by atoms with Crippen molar-refractivity contribution >= 4 is 0 Å². The fraction of sp³-hybridized carbons (Fsp3) is 0.667. The molecule has 1 aliphatic rings. The third kappa shape index (κ3) is 1.54. The van der Waals surface area contributed by atoms with E-state index < -0.39 is 0 Å². The molecular formula is C9H14N2O2. The Morgan fingerprint density at radius 3 is 3.38 bits per heavy atom. The molecule has 13 heavy (non-hydrogen) atoms. The first-order valence-corrected chi connectivity index (χ1v) is 4.37. The van der Waals surface area contributed by atoms with Gasteiger partial charge in [-0.15, -0.1) is 0 Å². The number of hydrogen-bond donors (Lipinski definition) is 0. The van der Waals surface area contributed by atoms with E-state index in [-0.39, 0.29) is 5.41 Å². The summed E-state index contributed by atoms with van der Waals surface area (Å²) in [5, 5.41) is 4.17. The first kappa shape index (κ1) is 8.56. The van der Waals surface area contributed by atoms with Crippen molar-refractivity contribution in [2.24, 2.45) is 5.41 Å². The molecule has 1 aromatic heterocycles. The van der Waals surface area contributed by atoms with Crippen LogP contribution >= 0.6 is 0 Å². The molecule has 72 valence electrons. The van der Waals surface area contributed by atoms with Gasteiger partial charge >= 0.3 is 0 Å². The van der Waals surface area contributed by atoms with Crippen molar-refractivity contribution in [1.29, 1.82) is 0 Å². The van der Waals surface area contributed by atoms with Crippen LogP contribution < -0.4 is 4.74 Å². The molecule has 1 aliphatic heterocycles. The molecule has 0 aromatic carbocycles. The van der Waals surface area contributed by atoms with Gasteiger partial charge in [0, 0.05) is 18.6 Å². The third-order valence-electron chi connectivity index (χ3n) is 2.27. The van der Waals surface area contributed by atoms with Gasteiger partial charge in [0.1, 0.15) is 0 Å². The van der Waals surface area contributed by atoms with Gasteiger partial charge in [0.2, 0.25) is 5.88 Å². The second kappa shape index (κ2) is 3.03. The Morgan fingerprint density at radius 2 is 2.62 bits per heavy atom. The zero-order valence-electron chi connectivity index (χ0n) is 7.99. The first-order chi connectivity index (χ1) is 6.23. The Morgan fingerprint density at radius 1 is 1.77 bits per heavy atom. The van der Waals surface area contributed by atoms with Crippen molar-refractivity contribution in [2.45, 2.75) is 13.5 Å². The van der Waals surface area contributed by atoms with Crippen molar-refractivity contribution in [3.05, 3.63) is 12.3 Å². The van der Waals surface area contributed by atoms with Crippen LogP contribution in [0.15, 0.2) is 12.3 Å². The van der Waals surface area contributed by atoms with E-state index in [0.29, 0.717) is 13.2 Å². The van der Waals surface area contributed by atoms with Gasteiger partial charge in [-0.05, 0) is 0 Å². The van der Waals surface area contributed by atoms with Crippen LogP contribution in [0.5, 0.6) is 5.88 Å². The maximum atomic E-state index is 5.55. The topological polar surface area (TPSA) is 36.3 Å². The zero-order valence-corrected chi connectivity index (χ0v) is 7.99. The summed E-state index contributed by atoms with van der Waals surface area (Å²) in [6.07, 6.45) is 1.76. The first-order valence-electron chi connectivity index (χ1n) is 4.37. The van der Waals surface area contributed by atoms with Gasteiger partial charge in [0.25, 0.3) is 0 Å². The molecule has 0 bridgehead atoms. The Hall–Kier alpha value is -1.03. The predicted molar refractivity (Wildman–Crippen MR) is 47.7 cm³/mol. The van der Waals surface area contributed by atoms with E-state index in [4.69, 9.17) is 9.47 Å². The smallest absolute Gasteiger partial charge is 0.211 e. The Bertz CT molecular complexity index is 298. The minimum Gasteiger partial charge on any atom is -0.477 e. The standard InChI is InChI=1S/C9H14N2O2/c1-9(6-12-2)5-11-8(13-7-9)3-4-10-11/h3-4H,5-7H2,1-2H3. The van der Waals surface area contributed by atoms with Gasteiger partial charge in [-0.3, -0.25) is 0 Å². The van der Waals surface area contributed by atoms with Crippen LogP contribution in [0, 0.1) is 5.41 Å². The highest BCUT2D eigenvalue weighted by molar-refractivity contribution is 5.10. The molecule has 1 unspecified atom stereocenters. The molecule has 0 radical (unpaired) electrons. The summed E-state index contributed by atoms with van der Waals surface area (Å²) in [5.41, 5.74) is 0.0494. The van der Waals surface area contributed by atoms with E-state index in [9.17, 15) is 0 Å². The number of methoxy groups -OCH3 is 1. The van der Waals surface area contributed by atoms with Gasteiger partial charge in [0.05, 0.1) is 26.0 Å². The second-order valence-corrected chi connectivity index (χ2v) is 3.86. The number of rotatable bonds is 2. The van der Waals surface area contributed by atoms with Gasteiger partial charge < -0.3 is 9.47 Å². The van der Waals surface area contributed by atoms with Crippen molar-refractivity contribution in [3.8, 4) is 5.88 Å². The lowest BCUT2D eigenvalue weighted by Crippen LogP contribution is -2.39. The lowest BCUT2D eigenvalue weighted by molar-refractivity contribution is 0.0104. The van der Waals surface area contributed by atoms with E-state index in [1.54, 1.807) is 13.3 Å². The summed E-state index contributed by atoms with van der Waals surface area (Å²) in [6.45, 7) is 4.41. The van der Waals surface area contributed by atoms with Crippen molar-refractivity contribution in [1.82, 2.24) is 9.78 Å². The Labute approximate surface area is 77.4 Å². The molecule has 0 spiro atoms. The van der Waals surface area contributed by atoms with Crippen LogP contribution in [0.4, 0.5) is 0 Å². The summed E-state index contributed by atoms with van der Waals surface area (Å²) in [4.78, 5) is 0. The number of aromatic nitrogens is 2. The van der Waals surface area contributed by atoms with E-state index in [2.05, 4.69) is 12.0 Å². The van der Waals surface area contributed by atoms with Crippen LogP contribution in [0.3, 0.4) is 0 Å². The van der Waals surface area contributed by atoms with Gasteiger partial charge in [0.15, 0.2) is 0 Å². The van der Waals surface area contributed by atoms with Crippen LogP contribution in [0.25, 0.3) is 0 Å². The molecule has 0 amide bonds. The van der Waals surface area contributed by atoms with Gasteiger partial charge in [-0.1, -0.05) is 6.92 Å². The summed E-state index contributed by atoms with van der Waals surface area (Å²) in [5.74, 6) is 0.855. The fourth-order valence-corrected chi connectivity index (χ4v) is 1.65. The normalized spacial score (nSPS) is 26.6. The molecule has 2 rings (SSSR count). The van der Waals surface area contributed by atoms with Gasteiger partial charge in [-0.2, -0.15) is 5.10 Å². The average Bonchev–Trinajstić information content (AvgIpc) is 2.50. The summed E-state index contributed by atoms with van der Waals surface area (Å²) >= 11 is 0. The summed E-state index contributed by atoms with van der Waals surface area (Å²) in [6, 6.07) is 1.88. The third-order valence-corrected chi connectivity index (χ3v) is 2.27. The molecule has 0 aliphatic carbocycles. The molecule has 2 heterocycles. The number of ether oxygens (including phenoxy) is 2. The quantitative estimate of drug-likeness (QED) is 0.682. The molecule has 0 N–H and O–H groups in total. The average molecular weight is 182 g/mol. The largest absolute Gasteiger partial charge is 0.477 e. The van der Waals surface area contributed by atoms with Crippen molar-refractivity contribution in [2.75, 3.05) is 20.3 Å². The van der Waals surface area contributed by atoms with Crippen molar-refractivity contribution in [3.63, 3.8) is 0 Å². The fourth-order valence-electron chi connectivity index (χ4n) is 1.65. The number of hydrogen-bond acceptors (Lipinski definition) is 3. The minimum absolute atomic E-state index is 0.0494. The number of fused-ring (bicyclic) bond motifs is 1. The van der Waals surface area contributed by atoms with Crippen molar-refractivity contribution < 1.29 is 9.47 Å². The molecule has 0 fully saturated rings. The second-order valence-electron chi connectivity index (χ2n) is 3.86. The van der Waals surface area contributed by atoms with Crippen LogP contribution in [-0.4, -0.2) is 30.1 Å². The summed E-state index contributed by atoms with van der Waals surface area (Å²) < 4.78 is 12.6. The van der Waals surface area contributed by atoms with Crippen LogP contribution in [-0.2, 0) is 11.3 Å². The Kier molecular flexibility index (Phi) is 2.00. The molecule has 4 heteroatoms. The van der Waals surface area contributed by atoms with Crippen LogP contribution in [0.2, 0.25) is 0 Å². The Balaban J connectivity index is 2.16. The molecule has 1 aromatic rings. The zero-order chi connectivity index (χ0) is 9.31. The van der Waals surface area contributed by atoms with Crippen LogP contribution in [0.1, 0.15) is 6.92 Å². The molecule has 0 saturated heterocycles. The highest BCUT2D eigenvalue weighted by Crippen LogP contribution is 2.28. The van der Waals surface area contributed by atoms with E-state index in [1.165, 1.54) is 0 Å². The number of nitrogens with zero attached hydrogens (tertiary/aromatic N) is 2. The van der Waals surface area contributed by atoms with E-state index in [1.807, 2.05) is 10.7 Å². The molecule has 1 atom stereocenters. The maximum absolute atomic E-state index is 5.55. The lowest BCUT2D eigenvalue weighted by Gasteiger charge is -2.33. The lowest BCUT2D eigenvalue weighted by atomic mass is 9.92. The van der Waals surface area contributed by atoms with Gasteiger partial charge in [-0.25, -0.2) is 4.68 Å². The van der Waals surface area contributed by atoms with E-state index in [0.717, 1.165) is 12.4 Å². The minimum atomic E-state index is 0.0494. The van der Waals surface area contributed by atoms with E-state index >= 15 is 0 Å². The maximum Gasteiger partial charge on any atom is 0.211 e. The molecule has 0 saturated carbocycles. The molecule has 4 nitrogen and oxygen atoms in total. The molecular weight excluding hydrogens is 168 g/mol.